The number of carbonyl (C=O) groups is 1. The van der Waals surface area contributed by atoms with E-state index in [4.69, 9.17) is 0 Å². The smallest absolute Gasteiger partial charge is 0.405 e. The van der Waals surface area contributed by atoms with Crippen molar-refractivity contribution in [2.75, 3.05) is 20.7 Å². The van der Waals surface area contributed by atoms with Gasteiger partial charge in [0.15, 0.2) is 0 Å². The number of hydrogen-bond donors (Lipinski definition) is 2. The summed E-state index contributed by atoms with van der Waals surface area (Å²) < 4.78 is 41.9. The van der Waals surface area contributed by atoms with Crippen LogP contribution in [0.2, 0.25) is 0 Å². The lowest BCUT2D eigenvalue weighted by molar-refractivity contribution is -0.174. The summed E-state index contributed by atoms with van der Waals surface area (Å²) >= 11 is 0. The standard InChI is InChI=1S/C8H15F3N2O2/c1-4-15-7(14)5(12-2)6(13-3)8(9,10)11/h5-6,12-13H,4H2,1-3H3. The molecule has 0 rings (SSSR count). The second kappa shape index (κ2) is 5.92. The van der Waals surface area contributed by atoms with E-state index >= 15 is 0 Å². The molecule has 15 heavy (non-hydrogen) atoms. The Labute approximate surface area is 86.2 Å². The van der Waals surface area contributed by atoms with E-state index in [9.17, 15) is 18.0 Å². The largest absolute Gasteiger partial charge is 0.465 e. The summed E-state index contributed by atoms with van der Waals surface area (Å²) in [6, 6.07) is -3.39. The molecule has 2 N–H and O–H groups in total. The maximum atomic E-state index is 12.4. The van der Waals surface area contributed by atoms with Crippen LogP contribution in [0.15, 0.2) is 0 Å². The van der Waals surface area contributed by atoms with Crippen molar-refractivity contribution >= 4 is 5.97 Å². The molecule has 0 spiro atoms. The van der Waals surface area contributed by atoms with Gasteiger partial charge >= 0.3 is 12.1 Å². The van der Waals surface area contributed by atoms with Gasteiger partial charge in [0, 0.05) is 0 Å². The average Bonchev–Trinajstić information content (AvgIpc) is 2.11. The van der Waals surface area contributed by atoms with Gasteiger partial charge in [-0.1, -0.05) is 0 Å². The van der Waals surface area contributed by atoms with E-state index in [1.165, 1.54) is 14.0 Å². The maximum absolute atomic E-state index is 12.4. The molecule has 0 aliphatic rings. The summed E-state index contributed by atoms with van der Waals surface area (Å²) in [6.45, 7) is 1.58. The van der Waals surface area contributed by atoms with E-state index in [2.05, 4.69) is 10.1 Å². The van der Waals surface area contributed by atoms with Gasteiger partial charge < -0.3 is 15.4 Å². The van der Waals surface area contributed by atoms with Crippen molar-refractivity contribution in [3.63, 3.8) is 0 Å². The molecule has 7 heteroatoms. The molecule has 2 unspecified atom stereocenters. The van der Waals surface area contributed by atoms with Crippen LogP contribution in [-0.2, 0) is 9.53 Å². The number of hydrogen-bond acceptors (Lipinski definition) is 4. The molecule has 0 aliphatic carbocycles. The lowest BCUT2D eigenvalue weighted by atomic mass is 10.1. The minimum Gasteiger partial charge on any atom is -0.465 e. The highest BCUT2D eigenvalue weighted by Crippen LogP contribution is 2.22. The van der Waals surface area contributed by atoms with Crippen molar-refractivity contribution in [2.45, 2.75) is 25.2 Å². The number of esters is 1. The van der Waals surface area contributed by atoms with Crippen molar-refractivity contribution in [1.29, 1.82) is 0 Å². The normalized spacial score (nSPS) is 15.9. The fourth-order valence-corrected chi connectivity index (χ4v) is 1.17. The lowest BCUT2D eigenvalue weighted by Gasteiger charge is -2.26. The van der Waals surface area contributed by atoms with E-state index in [-0.39, 0.29) is 6.61 Å². The molecule has 90 valence electrons. The Morgan fingerprint density at radius 2 is 1.87 bits per heavy atom. The molecule has 0 aromatic carbocycles. The molecular weight excluding hydrogens is 213 g/mol. The summed E-state index contributed by atoms with van der Waals surface area (Å²) in [5, 5.41) is 4.33. The molecule has 0 aromatic heterocycles. The highest BCUT2D eigenvalue weighted by Gasteiger charge is 2.46. The van der Waals surface area contributed by atoms with Crippen LogP contribution in [0.25, 0.3) is 0 Å². The van der Waals surface area contributed by atoms with E-state index in [1.54, 1.807) is 0 Å². The first-order valence-corrected chi connectivity index (χ1v) is 4.46. The molecule has 0 saturated carbocycles. The van der Waals surface area contributed by atoms with Crippen LogP contribution in [0.5, 0.6) is 0 Å². The third-order valence-corrected chi connectivity index (χ3v) is 1.85. The number of nitrogens with one attached hydrogen (secondary N) is 2. The van der Waals surface area contributed by atoms with Crippen LogP contribution < -0.4 is 10.6 Å². The van der Waals surface area contributed by atoms with E-state index < -0.39 is 24.2 Å². The minimum atomic E-state index is -4.50. The van der Waals surface area contributed by atoms with Crippen LogP contribution in [0.4, 0.5) is 13.2 Å². The average molecular weight is 228 g/mol. The monoisotopic (exact) mass is 228 g/mol. The predicted octanol–water partition coefficient (Wildman–Crippen LogP) is 0.288. The Balaban J connectivity index is 4.69. The molecule has 0 amide bonds. The van der Waals surface area contributed by atoms with Crippen molar-refractivity contribution in [3.05, 3.63) is 0 Å². The number of ether oxygens (including phenoxy) is 1. The molecule has 0 saturated heterocycles. The van der Waals surface area contributed by atoms with Gasteiger partial charge in [-0.05, 0) is 21.0 Å². The number of carbonyl (C=O) groups excluding carboxylic acids is 1. The second-order valence-electron chi connectivity index (χ2n) is 2.83. The quantitative estimate of drug-likeness (QED) is 0.664. The number of rotatable bonds is 5. The van der Waals surface area contributed by atoms with Gasteiger partial charge in [-0.25, -0.2) is 0 Å². The first kappa shape index (κ1) is 14.2. The molecule has 4 nitrogen and oxygen atoms in total. The number of alkyl halides is 3. The molecule has 0 aliphatic heterocycles. The Morgan fingerprint density at radius 1 is 1.33 bits per heavy atom. The van der Waals surface area contributed by atoms with E-state index in [0.717, 1.165) is 7.05 Å². The van der Waals surface area contributed by atoms with Crippen molar-refractivity contribution in [1.82, 2.24) is 10.6 Å². The van der Waals surface area contributed by atoms with Gasteiger partial charge in [0.05, 0.1) is 6.61 Å². The van der Waals surface area contributed by atoms with Crippen molar-refractivity contribution in [3.8, 4) is 0 Å². The Bertz CT molecular complexity index is 209. The summed E-state index contributed by atoms with van der Waals surface area (Å²) in [5.74, 6) is -0.920. The summed E-state index contributed by atoms with van der Waals surface area (Å²) in [4.78, 5) is 11.2. The van der Waals surface area contributed by atoms with Gasteiger partial charge in [0.25, 0.3) is 0 Å². The number of likely N-dealkylation sites (N-methyl/N-ethyl adjacent to an activating group) is 2. The van der Waals surface area contributed by atoms with Crippen LogP contribution in [0, 0.1) is 0 Å². The SMILES string of the molecule is CCOC(=O)C(NC)C(NC)C(F)(F)F. The van der Waals surface area contributed by atoms with Gasteiger partial charge in [-0.2, -0.15) is 13.2 Å². The van der Waals surface area contributed by atoms with Crippen molar-refractivity contribution < 1.29 is 22.7 Å². The van der Waals surface area contributed by atoms with Gasteiger partial charge in [-0.15, -0.1) is 0 Å². The van der Waals surface area contributed by atoms with Gasteiger partial charge in [0.2, 0.25) is 0 Å². The Hall–Kier alpha value is -0.820. The molecule has 2 atom stereocenters. The summed E-state index contributed by atoms with van der Waals surface area (Å²) in [7, 11) is 2.42. The van der Waals surface area contributed by atoms with E-state index in [1.807, 2.05) is 5.32 Å². The maximum Gasteiger partial charge on any atom is 0.405 e. The summed E-state index contributed by atoms with van der Waals surface area (Å²) in [6.07, 6.45) is -4.50. The Morgan fingerprint density at radius 3 is 2.13 bits per heavy atom. The minimum absolute atomic E-state index is 0.0469. The lowest BCUT2D eigenvalue weighted by Crippen LogP contribution is -2.58. The molecular formula is C8H15F3N2O2. The van der Waals surface area contributed by atoms with Gasteiger partial charge in [0.1, 0.15) is 12.1 Å². The third-order valence-electron chi connectivity index (χ3n) is 1.85. The van der Waals surface area contributed by atoms with Gasteiger partial charge in [-0.3, -0.25) is 4.79 Å². The first-order valence-electron chi connectivity index (χ1n) is 4.46. The molecule has 0 radical (unpaired) electrons. The first-order chi connectivity index (χ1) is 6.88. The van der Waals surface area contributed by atoms with Crippen LogP contribution in [0.1, 0.15) is 6.92 Å². The summed E-state index contributed by atoms with van der Waals surface area (Å²) in [5.41, 5.74) is 0. The zero-order valence-corrected chi connectivity index (χ0v) is 8.81. The fourth-order valence-electron chi connectivity index (χ4n) is 1.17. The molecule has 0 heterocycles. The highest BCUT2D eigenvalue weighted by atomic mass is 19.4. The molecule has 0 aromatic rings. The van der Waals surface area contributed by atoms with Crippen LogP contribution in [-0.4, -0.2) is 44.9 Å². The number of halogens is 3. The second-order valence-corrected chi connectivity index (χ2v) is 2.83. The van der Waals surface area contributed by atoms with Crippen LogP contribution >= 0.6 is 0 Å². The zero-order chi connectivity index (χ0) is 12.1. The van der Waals surface area contributed by atoms with E-state index in [0.29, 0.717) is 0 Å². The zero-order valence-electron chi connectivity index (χ0n) is 8.81. The topological polar surface area (TPSA) is 50.4 Å². The molecule has 0 bridgehead atoms. The highest BCUT2D eigenvalue weighted by molar-refractivity contribution is 5.76. The van der Waals surface area contributed by atoms with Crippen LogP contribution in [0.3, 0.4) is 0 Å². The Kier molecular flexibility index (Phi) is 5.59. The fraction of sp³-hybridized carbons (Fsp3) is 0.875. The molecule has 0 fully saturated rings. The predicted molar refractivity (Wildman–Crippen MR) is 48.4 cm³/mol. The van der Waals surface area contributed by atoms with Crippen molar-refractivity contribution in [2.24, 2.45) is 0 Å². The third kappa shape index (κ3) is 4.05.